The molecule has 0 saturated heterocycles. The maximum Gasteiger partial charge on any atom is 0.341 e. The van der Waals surface area contributed by atoms with Gasteiger partial charge in [0.05, 0.1) is 18.2 Å². The lowest BCUT2D eigenvalue weighted by Crippen LogP contribution is -2.25. The fourth-order valence-electron chi connectivity index (χ4n) is 1.29. The van der Waals surface area contributed by atoms with Crippen LogP contribution in [0.5, 0.6) is 0 Å². The normalized spacial score (nSPS) is 14.9. The highest BCUT2D eigenvalue weighted by molar-refractivity contribution is 5.73. The van der Waals surface area contributed by atoms with Gasteiger partial charge in [0.1, 0.15) is 6.10 Å². The fourth-order valence-corrected chi connectivity index (χ4v) is 1.29. The molecular weight excluding hydrogens is 203 g/mol. The molecule has 6 heteroatoms. The Balaban J connectivity index is 2.85. The Labute approximate surface area is 86.2 Å². The minimum Gasteiger partial charge on any atom is -0.479 e. The van der Waals surface area contributed by atoms with Crippen LogP contribution in [-0.4, -0.2) is 31.9 Å². The van der Waals surface area contributed by atoms with Crippen molar-refractivity contribution in [3.8, 4) is 0 Å². The third-order valence-corrected chi connectivity index (χ3v) is 2.03. The summed E-state index contributed by atoms with van der Waals surface area (Å²) in [5.74, 6) is -1.67. The number of aliphatic carboxylic acids is 1. The van der Waals surface area contributed by atoms with Crippen LogP contribution in [0.4, 0.5) is 4.39 Å². The van der Waals surface area contributed by atoms with Crippen LogP contribution >= 0.6 is 0 Å². The summed E-state index contributed by atoms with van der Waals surface area (Å²) >= 11 is 0. The Morgan fingerprint density at radius 1 is 1.73 bits per heavy atom. The summed E-state index contributed by atoms with van der Waals surface area (Å²) in [6.45, 7) is 2.49. The molecule has 2 atom stereocenters. The van der Waals surface area contributed by atoms with Gasteiger partial charge in [0.2, 0.25) is 6.17 Å². The molecule has 0 fully saturated rings. The number of aryl methyl sites for hydroxylation is 1. The number of halogens is 1. The largest absolute Gasteiger partial charge is 0.479 e. The van der Waals surface area contributed by atoms with E-state index in [2.05, 4.69) is 4.98 Å². The third-order valence-electron chi connectivity index (χ3n) is 2.03. The molecule has 1 heterocycles. The number of carboxylic acids is 1. The minimum atomic E-state index is -2.32. The second-order valence-electron chi connectivity index (χ2n) is 3.20. The Morgan fingerprint density at radius 2 is 2.40 bits per heavy atom. The number of aromatic nitrogens is 2. The maximum absolute atomic E-state index is 13.0. The van der Waals surface area contributed by atoms with Crippen molar-refractivity contribution in [2.45, 2.75) is 32.2 Å². The van der Waals surface area contributed by atoms with Crippen LogP contribution in [0.15, 0.2) is 12.5 Å². The highest BCUT2D eigenvalue weighted by Gasteiger charge is 2.29. The summed E-state index contributed by atoms with van der Waals surface area (Å²) in [7, 11) is 0. The van der Waals surface area contributed by atoms with Crippen molar-refractivity contribution in [1.29, 1.82) is 0 Å². The molecule has 1 aromatic heterocycles. The molecule has 0 saturated carbocycles. The molecule has 5 nitrogen and oxygen atoms in total. The summed E-state index contributed by atoms with van der Waals surface area (Å²) in [4.78, 5) is 14.1. The molecule has 0 radical (unpaired) electrons. The summed E-state index contributed by atoms with van der Waals surface area (Å²) in [6, 6.07) is 0. The van der Waals surface area contributed by atoms with Crippen molar-refractivity contribution in [3.63, 3.8) is 0 Å². The van der Waals surface area contributed by atoms with E-state index in [0.29, 0.717) is 6.54 Å². The van der Waals surface area contributed by atoms with E-state index in [4.69, 9.17) is 5.11 Å². The SMILES string of the molecule is CCCn1cncc1C(O)C(F)C(=O)O. The van der Waals surface area contributed by atoms with Gasteiger partial charge in [-0.2, -0.15) is 0 Å². The Morgan fingerprint density at radius 3 is 2.93 bits per heavy atom. The average Bonchev–Trinajstić information content (AvgIpc) is 2.64. The van der Waals surface area contributed by atoms with Gasteiger partial charge in [-0.3, -0.25) is 0 Å². The molecule has 1 rings (SSSR count). The number of rotatable bonds is 5. The zero-order chi connectivity index (χ0) is 11.4. The van der Waals surface area contributed by atoms with Crippen LogP contribution in [0.1, 0.15) is 25.1 Å². The van der Waals surface area contributed by atoms with E-state index in [-0.39, 0.29) is 5.69 Å². The van der Waals surface area contributed by atoms with E-state index in [1.807, 2.05) is 6.92 Å². The molecule has 0 amide bonds. The maximum atomic E-state index is 13.0. The predicted molar refractivity (Wildman–Crippen MR) is 50.0 cm³/mol. The molecule has 1 aromatic rings. The van der Waals surface area contributed by atoms with Crippen LogP contribution in [0.3, 0.4) is 0 Å². The van der Waals surface area contributed by atoms with E-state index in [9.17, 15) is 14.3 Å². The smallest absolute Gasteiger partial charge is 0.341 e. The predicted octanol–water partition coefficient (Wildman–Crippen LogP) is 0.749. The van der Waals surface area contributed by atoms with E-state index in [1.165, 1.54) is 12.5 Å². The quantitative estimate of drug-likeness (QED) is 0.761. The first kappa shape index (κ1) is 11.6. The van der Waals surface area contributed by atoms with Gasteiger partial charge in [-0.15, -0.1) is 0 Å². The summed E-state index contributed by atoms with van der Waals surface area (Å²) in [5, 5.41) is 17.8. The van der Waals surface area contributed by atoms with Crippen molar-refractivity contribution < 1.29 is 19.4 Å². The molecule has 2 N–H and O–H groups in total. The van der Waals surface area contributed by atoms with Crippen LogP contribution in [0, 0.1) is 0 Å². The number of carboxylic acid groups (broad SMARTS) is 1. The second kappa shape index (κ2) is 4.88. The molecule has 0 aromatic carbocycles. The average molecular weight is 216 g/mol. The van der Waals surface area contributed by atoms with Crippen molar-refractivity contribution in [3.05, 3.63) is 18.2 Å². The fraction of sp³-hybridized carbons (Fsp3) is 0.556. The first-order valence-corrected chi connectivity index (χ1v) is 4.63. The third kappa shape index (κ3) is 2.53. The van der Waals surface area contributed by atoms with Gasteiger partial charge in [0.25, 0.3) is 0 Å². The topological polar surface area (TPSA) is 75.3 Å². The van der Waals surface area contributed by atoms with Gasteiger partial charge in [-0.25, -0.2) is 14.2 Å². The lowest BCUT2D eigenvalue weighted by molar-refractivity contribution is -0.147. The Kier molecular flexibility index (Phi) is 3.79. The van der Waals surface area contributed by atoms with Crippen LogP contribution in [-0.2, 0) is 11.3 Å². The number of hydrogen-bond donors (Lipinski definition) is 2. The van der Waals surface area contributed by atoms with Crippen molar-refractivity contribution in [1.82, 2.24) is 9.55 Å². The van der Waals surface area contributed by atoms with Crippen molar-refractivity contribution in [2.24, 2.45) is 0 Å². The van der Waals surface area contributed by atoms with Gasteiger partial charge in [0, 0.05) is 6.54 Å². The zero-order valence-electron chi connectivity index (χ0n) is 8.30. The molecule has 2 unspecified atom stereocenters. The van der Waals surface area contributed by atoms with Gasteiger partial charge in [-0.05, 0) is 6.42 Å². The van der Waals surface area contributed by atoms with Gasteiger partial charge in [-0.1, -0.05) is 6.92 Å². The monoisotopic (exact) mass is 216 g/mol. The summed E-state index contributed by atoms with van der Waals surface area (Å²) < 4.78 is 14.6. The van der Waals surface area contributed by atoms with Gasteiger partial charge < -0.3 is 14.8 Å². The van der Waals surface area contributed by atoms with Crippen molar-refractivity contribution in [2.75, 3.05) is 0 Å². The molecule has 84 valence electrons. The first-order chi connectivity index (χ1) is 7.07. The number of carbonyl (C=O) groups is 1. The molecule has 0 aliphatic rings. The molecule has 15 heavy (non-hydrogen) atoms. The van der Waals surface area contributed by atoms with E-state index >= 15 is 0 Å². The lowest BCUT2D eigenvalue weighted by atomic mass is 10.1. The highest BCUT2D eigenvalue weighted by atomic mass is 19.1. The number of imidazole rings is 1. The molecular formula is C9H13FN2O3. The molecule has 0 bridgehead atoms. The van der Waals surface area contributed by atoms with E-state index in [0.717, 1.165) is 6.42 Å². The van der Waals surface area contributed by atoms with Gasteiger partial charge in [0.15, 0.2) is 0 Å². The lowest BCUT2D eigenvalue weighted by Gasteiger charge is -2.14. The number of hydrogen-bond acceptors (Lipinski definition) is 3. The summed E-state index contributed by atoms with van der Waals surface area (Å²) in [5.41, 5.74) is 0.187. The second-order valence-corrected chi connectivity index (χ2v) is 3.20. The van der Waals surface area contributed by atoms with Crippen LogP contribution in [0.25, 0.3) is 0 Å². The van der Waals surface area contributed by atoms with Gasteiger partial charge >= 0.3 is 5.97 Å². The minimum absolute atomic E-state index is 0.187. The van der Waals surface area contributed by atoms with Crippen LogP contribution < -0.4 is 0 Å². The Bertz CT molecular complexity index is 340. The number of alkyl halides is 1. The van der Waals surface area contributed by atoms with Crippen LogP contribution in [0.2, 0.25) is 0 Å². The number of aliphatic hydroxyl groups is 1. The number of nitrogens with zero attached hydrogens (tertiary/aromatic N) is 2. The highest BCUT2D eigenvalue weighted by Crippen LogP contribution is 2.19. The Hall–Kier alpha value is -1.43. The molecule has 0 spiro atoms. The summed E-state index contributed by atoms with van der Waals surface area (Å²) in [6.07, 6.45) is -0.485. The van der Waals surface area contributed by atoms with E-state index in [1.54, 1.807) is 4.57 Å². The zero-order valence-corrected chi connectivity index (χ0v) is 8.30. The van der Waals surface area contributed by atoms with Crippen molar-refractivity contribution >= 4 is 5.97 Å². The molecule has 0 aliphatic carbocycles. The van der Waals surface area contributed by atoms with E-state index < -0.39 is 18.2 Å². The standard InChI is InChI=1S/C9H13FN2O3/c1-2-3-12-5-11-4-6(12)8(13)7(10)9(14)15/h4-5,7-8,13H,2-3H2,1H3,(H,14,15). The molecule has 0 aliphatic heterocycles. The number of aliphatic hydroxyl groups excluding tert-OH is 1. The first-order valence-electron chi connectivity index (χ1n) is 4.63.